The summed E-state index contributed by atoms with van der Waals surface area (Å²) in [5.41, 5.74) is 4.88. The van der Waals surface area contributed by atoms with Crippen LogP contribution in [0.2, 0.25) is 0 Å². The van der Waals surface area contributed by atoms with E-state index >= 15 is 0 Å². The molecule has 0 bridgehead atoms. The summed E-state index contributed by atoms with van der Waals surface area (Å²) in [6.07, 6.45) is 5.36. The molecule has 1 aromatic carbocycles. The Morgan fingerprint density at radius 3 is 2.44 bits per heavy atom. The largest absolute Gasteiger partial charge is 0.258 e. The van der Waals surface area contributed by atoms with Gasteiger partial charge in [-0.15, -0.1) is 0 Å². The van der Waals surface area contributed by atoms with Crippen LogP contribution >= 0.6 is 11.8 Å². The number of nitrogens with one attached hydrogen (secondary N) is 1. The van der Waals surface area contributed by atoms with Crippen LogP contribution in [-0.4, -0.2) is 48.5 Å². The third-order valence-electron chi connectivity index (χ3n) is 4.62. The highest BCUT2D eigenvalue weighted by molar-refractivity contribution is 8.14. The summed E-state index contributed by atoms with van der Waals surface area (Å²) in [4.78, 5) is 4.92. The molecule has 1 saturated carbocycles. The van der Waals surface area contributed by atoms with Crippen molar-refractivity contribution >= 4 is 32.7 Å². The van der Waals surface area contributed by atoms with Crippen molar-refractivity contribution in [2.75, 3.05) is 18.8 Å². The molecule has 1 saturated heterocycles. The van der Waals surface area contributed by atoms with Crippen molar-refractivity contribution in [3.63, 3.8) is 0 Å². The van der Waals surface area contributed by atoms with Crippen molar-refractivity contribution in [2.45, 2.75) is 43.0 Å². The van der Waals surface area contributed by atoms with Gasteiger partial charge in [0.25, 0.3) is 0 Å². The second kappa shape index (κ2) is 7.09. The number of hydrogen-bond acceptors (Lipinski definition) is 5. The van der Waals surface area contributed by atoms with Crippen LogP contribution in [0.25, 0.3) is 0 Å². The fourth-order valence-electron chi connectivity index (χ4n) is 2.97. The lowest BCUT2D eigenvalue weighted by atomic mass is 10.1. The molecule has 0 amide bonds. The maximum atomic E-state index is 12.7. The Morgan fingerprint density at radius 1 is 1.12 bits per heavy atom. The van der Waals surface area contributed by atoms with Gasteiger partial charge in [-0.2, -0.15) is 9.41 Å². The number of benzene rings is 1. The maximum absolute atomic E-state index is 12.7. The van der Waals surface area contributed by atoms with Gasteiger partial charge in [0.15, 0.2) is 5.17 Å². The summed E-state index contributed by atoms with van der Waals surface area (Å²) in [7, 11) is -3.37. The summed E-state index contributed by atoms with van der Waals surface area (Å²) in [6.45, 7) is 1.25. The molecule has 3 aliphatic rings. The summed E-state index contributed by atoms with van der Waals surface area (Å²) in [6, 6.07) is 7.56. The number of sulfonamides is 1. The van der Waals surface area contributed by atoms with Crippen LogP contribution in [0.15, 0.2) is 39.3 Å². The number of hydrazone groups is 1. The van der Waals surface area contributed by atoms with Crippen molar-refractivity contribution < 1.29 is 8.42 Å². The van der Waals surface area contributed by atoms with Crippen LogP contribution in [-0.2, 0) is 10.0 Å². The summed E-state index contributed by atoms with van der Waals surface area (Å²) >= 11 is 1.65. The standard InChI is InChI=1S/C17H22N4O2S2/c22-25(23,21-10-2-1-3-11-21)15-8-4-13(5-9-15)16-12-24-17(20-19-16)18-14-6-7-14/h4-5,8-9,14H,1-3,6-7,10-12H2,(H,18,20). The molecular formula is C17H22N4O2S2. The number of nitrogens with zero attached hydrogens (tertiary/aromatic N) is 3. The Morgan fingerprint density at radius 2 is 1.84 bits per heavy atom. The van der Waals surface area contributed by atoms with Gasteiger partial charge < -0.3 is 0 Å². The molecule has 0 spiro atoms. The number of amidine groups is 1. The van der Waals surface area contributed by atoms with E-state index in [-0.39, 0.29) is 0 Å². The van der Waals surface area contributed by atoms with E-state index in [9.17, 15) is 8.42 Å². The zero-order valence-electron chi connectivity index (χ0n) is 14.0. The minimum Gasteiger partial charge on any atom is -0.258 e. The molecule has 6 nitrogen and oxygen atoms in total. The molecular weight excluding hydrogens is 356 g/mol. The topological polar surface area (TPSA) is 74.1 Å². The highest BCUT2D eigenvalue weighted by Gasteiger charge is 2.26. The Balaban J connectivity index is 1.47. The first-order valence-electron chi connectivity index (χ1n) is 8.77. The van der Waals surface area contributed by atoms with E-state index in [2.05, 4.69) is 15.5 Å². The van der Waals surface area contributed by atoms with Gasteiger partial charge >= 0.3 is 0 Å². The first-order valence-corrected chi connectivity index (χ1v) is 11.2. The van der Waals surface area contributed by atoms with Crippen LogP contribution in [0.4, 0.5) is 0 Å². The van der Waals surface area contributed by atoms with Crippen LogP contribution in [0.3, 0.4) is 0 Å². The van der Waals surface area contributed by atoms with Crippen molar-refractivity contribution in [1.29, 1.82) is 0 Å². The third kappa shape index (κ3) is 3.91. The molecule has 1 N–H and O–H groups in total. The lowest BCUT2D eigenvalue weighted by Gasteiger charge is -2.26. The molecule has 4 rings (SSSR count). The lowest BCUT2D eigenvalue weighted by molar-refractivity contribution is 0.346. The summed E-state index contributed by atoms with van der Waals surface area (Å²) in [5, 5.41) is 5.28. The number of aliphatic imine (C=N–C) groups is 1. The Labute approximate surface area is 152 Å². The van der Waals surface area contributed by atoms with Crippen LogP contribution in [0.5, 0.6) is 0 Å². The van der Waals surface area contributed by atoms with Gasteiger partial charge in [-0.3, -0.25) is 10.4 Å². The van der Waals surface area contributed by atoms with E-state index in [1.54, 1.807) is 28.2 Å². The van der Waals surface area contributed by atoms with Gasteiger partial charge in [-0.05, 0) is 43.4 Å². The number of thioether (sulfide) groups is 1. The van der Waals surface area contributed by atoms with E-state index in [4.69, 9.17) is 0 Å². The van der Waals surface area contributed by atoms with Gasteiger partial charge in [0.2, 0.25) is 10.0 Å². The van der Waals surface area contributed by atoms with Gasteiger partial charge in [-0.1, -0.05) is 30.3 Å². The van der Waals surface area contributed by atoms with Crippen molar-refractivity contribution in [3.8, 4) is 0 Å². The molecule has 2 aliphatic heterocycles. The van der Waals surface area contributed by atoms with Gasteiger partial charge in [0.05, 0.1) is 16.6 Å². The summed E-state index contributed by atoms with van der Waals surface area (Å²) < 4.78 is 27.0. The Hall–Kier alpha value is -1.38. The van der Waals surface area contributed by atoms with Gasteiger partial charge in [0.1, 0.15) is 0 Å². The predicted molar refractivity (Wildman–Crippen MR) is 102 cm³/mol. The molecule has 1 aliphatic carbocycles. The van der Waals surface area contributed by atoms with Crippen LogP contribution in [0.1, 0.15) is 37.7 Å². The number of hydrogen-bond donors (Lipinski definition) is 1. The molecule has 0 radical (unpaired) electrons. The molecule has 2 heterocycles. The lowest BCUT2D eigenvalue weighted by Crippen LogP contribution is -2.35. The molecule has 8 heteroatoms. The zero-order valence-corrected chi connectivity index (χ0v) is 15.7. The van der Waals surface area contributed by atoms with E-state index in [1.165, 1.54) is 12.8 Å². The van der Waals surface area contributed by atoms with Crippen molar-refractivity contribution in [2.24, 2.45) is 10.1 Å². The first-order chi connectivity index (χ1) is 12.1. The average Bonchev–Trinajstić information content (AvgIpc) is 3.47. The molecule has 0 atom stereocenters. The highest BCUT2D eigenvalue weighted by Crippen LogP contribution is 2.26. The minimum absolute atomic E-state index is 0.367. The minimum atomic E-state index is -3.37. The predicted octanol–water partition coefficient (Wildman–Crippen LogP) is 2.42. The fourth-order valence-corrected chi connectivity index (χ4v) is 5.33. The van der Waals surface area contributed by atoms with Crippen LogP contribution in [0, 0.1) is 0 Å². The highest BCUT2D eigenvalue weighted by atomic mass is 32.2. The number of piperidine rings is 1. The Bertz CT molecular complexity index is 792. The molecule has 0 unspecified atom stereocenters. The van der Waals surface area contributed by atoms with Gasteiger partial charge in [-0.25, -0.2) is 8.42 Å². The normalized spacial score (nSPS) is 24.0. The van der Waals surface area contributed by atoms with E-state index in [0.717, 1.165) is 41.5 Å². The number of rotatable bonds is 4. The molecule has 134 valence electrons. The van der Waals surface area contributed by atoms with E-state index in [0.29, 0.717) is 24.0 Å². The fraction of sp³-hybridized carbons (Fsp3) is 0.529. The SMILES string of the molecule is O=S(=O)(c1ccc(C2=NNC(=NC3CC3)SC2)cc1)N1CCCCC1. The zero-order chi connectivity index (χ0) is 17.3. The van der Waals surface area contributed by atoms with Crippen molar-refractivity contribution in [1.82, 2.24) is 9.73 Å². The smallest absolute Gasteiger partial charge is 0.243 e. The molecule has 25 heavy (non-hydrogen) atoms. The third-order valence-corrected chi connectivity index (χ3v) is 7.42. The van der Waals surface area contributed by atoms with E-state index in [1.807, 2.05) is 12.1 Å². The summed E-state index contributed by atoms with van der Waals surface area (Å²) in [5.74, 6) is 0.747. The molecule has 0 aromatic heterocycles. The van der Waals surface area contributed by atoms with E-state index < -0.39 is 10.0 Å². The second-order valence-electron chi connectivity index (χ2n) is 6.61. The monoisotopic (exact) mass is 378 g/mol. The quantitative estimate of drug-likeness (QED) is 0.873. The average molecular weight is 379 g/mol. The molecule has 2 fully saturated rings. The van der Waals surface area contributed by atoms with Gasteiger partial charge in [0, 0.05) is 18.8 Å². The van der Waals surface area contributed by atoms with Crippen molar-refractivity contribution in [3.05, 3.63) is 29.8 Å². The Kier molecular flexibility index (Phi) is 4.84. The molecule has 1 aromatic rings. The second-order valence-corrected chi connectivity index (χ2v) is 9.52. The first kappa shape index (κ1) is 17.1. The van der Waals surface area contributed by atoms with Crippen LogP contribution < -0.4 is 5.43 Å². The maximum Gasteiger partial charge on any atom is 0.243 e.